The van der Waals surface area contributed by atoms with Gasteiger partial charge >= 0.3 is 5.97 Å². The maximum Gasteiger partial charge on any atom is 0.356 e. The van der Waals surface area contributed by atoms with Crippen LogP contribution in [0.3, 0.4) is 0 Å². The highest BCUT2D eigenvalue weighted by Crippen LogP contribution is 2.19. The van der Waals surface area contributed by atoms with Gasteiger partial charge in [-0.15, -0.1) is 0 Å². The molecular weight excluding hydrogens is 264 g/mol. The van der Waals surface area contributed by atoms with Crippen molar-refractivity contribution in [1.82, 2.24) is 9.38 Å². The molecule has 0 radical (unpaired) electrons. The number of pyridine rings is 1. The van der Waals surface area contributed by atoms with Gasteiger partial charge in [0.25, 0.3) is 0 Å². The third-order valence-electron chi connectivity index (χ3n) is 2.03. The van der Waals surface area contributed by atoms with Crippen LogP contribution in [0.15, 0.2) is 22.8 Å². The Kier molecular flexibility index (Phi) is 2.45. The minimum Gasteiger partial charge on any atom is -0.476 e. The molecule has 0 aliphatic carbocycles. The molecule has 0 unspecified atom stereocenters. The quantitative estimate of drug-likeness (QED) is 0.807. The molecule has 2 aromatic heterocycles. The minimum atomic E-state index is -1.11. The fourth-order valence-corrected chi connectivity index (χ4v) is 1.98. The smallest absolute Gasteiger partial charge is 0.356 e. The lowest BCUT2D eigenvalue weighted by molar-refractivity contribution is 0.0693. The number of imidazole rings is 1. The first-order valence-electron chi connectivity index (χ1n) is 4.15. The van der Waals surface area contributed by atoms with E-state index < -0.39 is 5.97 Å². The molecule has 0 bridgehead atoms. The fourth-order valence-electron chi connectivity index (χ4n) is 1.43. The number of aromatic carboxylic acids is 1. The van der Waals surface area contributed by atoms with Crippen molar-refractivity contribution >= 4 is 27.4 Å². The molecule has 0 fully saturated rings. The summed E-state index contributed by atoms with van der Waals surface area (Å²) in [7, 11) is 0. The maximum absolute atomic E-state index is 10.9. The molecular formula is C9H7BrN2O3. The van der Waals surface area contributed by atoms with E-state index in [4.69, 9.17) is 10.2 Å². The summed E-state index contributed by atoms with van der Waals surface area (Å²) < 4.78 is 2.22. The summed E-state index contributed by atoms with van der Waals surface area (Å²) in [6.07, 6.45) is 0. The Hall–Kier alpha value is -1.40. The van der Waals surface area contributed by atoms with Crippen molar-refractivity contribution in [3.63, 3.8) is 0 Å². The van der Waals surface area contributed by atoms with Crippen LogP contribution in [0.5, 0.6) is 0 Å². The van der Waals surface area contributed by atoms with E-state index in [-0.39, 0.29) is 12.3 Å². The van der Waals surface area contributed by atoms with Crippen molar-refractivity contribution in [3.05, 3.63) is 34.3 Å². The first-order chi connectivity index (χ1) is 7.15. The lowest BCUT2D eigenvalue weighted by Gasteiger charge is -2.00. The molecule has 0 atom stereocenters. The monoisotopic (exact) mass is 270 g/mol. The van der Waals surface area contributed by atoms with Gasteiger partial charge in [0.15, 0.2) is 5.69 Å². The summed E-state index contributed by atoms with van der Waals surface area (Å²) in [6.45, 7) is -0.308. The third-order valence-corrected chi connectivity index (χ3v) is 2.65. The largest absolute Gasteiger partial charge is 0.476 e. The Morgan fingerprint density at radius 3 is 2.87 bits per heavy atom. The van der Waals surface area contributed by atoms with Gasteiger partial charge in [-0.2, -0.15) is 0 Å². The molecule has 0 aliphatic rings. The fraction of sp³-hybridized carbons (Fsp3) is 0.111. The Labute approximate surface area is 93.1 Å². The van der Waals surface area contributed by atoms with Crippen LogP contribution < -0.4 is 0 Å². The Balaban J connectivity index is 2.87. The van der Waals surface area contributed by atoms with Crippen LogP contribution in [-0.4, -0.2) is 25.6 Å². The Bertz CT molecular complexity index is 535. The van der Waals surface area contributed by atoms with Gasteiger partial charge in [-0.25, -0.2) is 9.78 Å². The van der Waals surface area contributed by atoms with Crippen molar-refractivity contribution < 1.29 is 15.0 Å². The second-order valence-corrected chi connectivity index (χ2v) is 3.72. The SMILES string of the molecule is O=C(O)c1nc(CO)n2c(Br)cccc12. The number of halogens is 1. The van der Waals surface area contributed by atoms with Gasteiger partial charge in [0, 0.05) is 0 Å². The molecule has 78 valence electrons. The van der Waals surface area contributed by atoms with Crippen LogP contribution >= 0.6 is 15.9 Å². The second kappa shape index (κ2) is 3.63. The van der Waals surface area contributed by atoms with E-state index in [1.807, 2.05) is 0 Å². The van der Waals surface area contributed by atoms with Gasteiger partial charge in [-0.05, 0) is 28.1 Å². The molecule has 0 saturated heterocycles. The highest BCUT2D eigenvalue weighted by molar-refractivity contribution is 9.10. The van der Waals surface area contributed by atoms with E-state index in [1.54, 1.807) is 22.6 Å². The number of rotatable bonds is 2. The van der Waals surface area contributed by atoms with Gasteiger partial charge in [0.05, 0.1) is 10.1 Å². The topological polar surface area (TPSA) is 74.8 Å². The number of carbonyl (C=O) groups is 1. The van der Waals surface area contributed by atoms with E-state index in [1.165, 1.54) is 0 Å². The number of nitrogens with zero attached hydrogens (tertiary/aromatic N) is 2. The summed E-state index contributed by atoms with van der Waals surface area (Å²) in [5.74, 6) is -0.805. The summed E-state index contributed by atoms with van der Waals surface area (Å²) in [4.78, 5) is 14.7. The van der Waals surface area contributed by atoms with Crippen LogP contribution in [0.4, 0.5) is 0 Å². The van der Waals surface area contributed by atoms with Gasteiger partial charge in [0.1, 0.15) is 12.4 Å². The lowest BCUT2D eigenvalue weighted by atomic mass is 10.3. The van der Waals surface area contributed by atoms with Crippen LogP contribution in [0.25, 0.3) is 5.52 Å². The van der Waals surface area contributed by atoms with E-state index in [0.717, 1.165) is 0 Å². The molecule has 0 saturated carbocycles. The van der Waals surface area contributed by atoms with E-state index >= 15 is 0 Å². The summed E-state index contributed by atoms with van der Waals surface area (Å²) in [6, 6.07) is 5.11. The number of carboxylic acids is 1. The standard InChI is InChI=1S/C9H7BrN2O3/c10-6-3-1-2-5-8(9(14)15)11-7(4-13)12(5)6/h1-3,13H,4H2,(H,14,15). The molecule has 0 aliphatic heterocycles. The number of hydrogen-bond acceptors (Lipinski definition) is 3. The molecule has 2 heterocycles. The number of fused-ring (bicyclic) bond motifs is 1. The first-order valence-corrected chi connectivity index (χ1v) is 4.94. The van der Waals surface area contributed by atoms with E-state index in [9.17, 15) is 4.79 Å². The van der Waals surface area contributed by atoms with Gasteiger partial charge in [-0.3, -0.25) is 4.40 Å². The van der Waals surface area contributed by atoms with Crippen LogP contribution in [0, 0.1) is 0 Å². The molecule has 0 aromatic carbocycles. The molecule has 2 rings (SSSR count). The number of carboxylic acid groups (broad SMARTS) is 1. The van der Waals surface area contributed by atoms with Gasteiger partial charge < -0.3 is 10.2 Å². The predicted octanol–water partition coefficient (Wildman–Crippen LogP) is 1.29. The predicted molar refractivity (Wildman–Crippen MR) is 55.8 cm³/mol. The normalized spacial score (nSPS) is 10.8. The average molecular weight is 271 g/mol. The van der Waals surface area contributed by atoms with Crippen LogP contribution in [-0.2, 0) is 6.61 Å². The minimum absolute atomic E-state index is 0.0552. The summed E-state index contributed by atoms with van der Waals surface area (Å²) >= 11 is 3.27. The zero-order valence-corrected chi connectivity index (χ0v) is 9.10. The third kappa shape index (κ3) is 1.51. The Morgan fingerprint density at radius 2 is 2.27 bits per heavy atom. The molecule has 0 spiro atoms. The summed E-state index contributed by atoms with van der Waals surface area (Å²) in [5, 5.41) is 18.0. The maximum atomic E-state index is 10.9. The average Bonchev–Trinajstić information content (AvgIpc) is 2.58. The van der Waals surface area contributed by atoms with Crippen LogP contribution in [0.1, 0.15) is 16.3 Å². The van der Waals surface area contributed by atoms with Crippen molar-refractivity contribution in [2.45, 2.75) is 6.61 Å². The number of hydrogen-bond donors (Lipinski definition) is 2. The highest BCUT2D eigenvalue weighted by atomic mass is 79.9. The number of aliphatic hydroxyl groups is 1. The van der Waals surface area contributed by atoms with Crippen molar-refractivity contribution in [2.24, 2.45) is 0 Å². The number of aliphatic hydroxyl groups excluding tert-OH is 1. The molecule has 5 nitrogen and oxygen atoms in total. The summed E-state index contributed by atoms with van der Waals surface area (Å²) in [5.41, 5.74) is 0.404. The van der Waals surface area contributed by atoms with Gasteiger partial charge in [-0.1, -0.05) is 6.07 Å². The van der Waals surface area contributed by atoms with E-state index in [0.29, 0.717) is 15.9 Å². The van der Waals surface area contributed by atoms with E-state index in [2.05, 4.69) is 20.9 Å². The zero-order chi connectivity index (χ0) is 11.0. The second-order valence-electron chi connectivity index (χ2n) is 2.91. The lowest BCUT2D eigenvalue weighted by Crippen LogP contribution is -1.97. The molecule has 2 N–H and O–H groups in total. The highest BCUT2D eigenvalue weighted by Gasteiger charge is 2.16. The van der Waals surface area contributed by atoms with Crippen molar-refractivity contribution in [3.8, 4) is 0 Å². The van der Waals surface area contributed by atoms with Crippen LogP contribution in [0.2, 0.25) is 0 Å². The zero-order valence-electron chi connectivity index (χ0n) is 7.51. The van der Waals surface area contributed by atoms with Crippen molar-refractivity contribution in [1.29, 1.82) is 0 Å². The Morgan fingerprint density at radius 1 is 1.53 bits per heavy atom. The molecule has 2 aromatic rings. The van der Waals surface area contributed by atoms with Gasteiger partial charge in [0.2, 0.25) is 0 Å². The number of aromatic nitrogens is 2. The molecule has 6 heteroatoms. The molecule has 15 heavy (non-hydrogen) atoms. The first kappa shape index (κ1) is 10.1. The molecule has 0 amide bonds. The van der Waals surface area contributed by atoms with Crippen molar-refractivity contribution in [2.75, 3.05) is 0 Å².